The first-order valence-electron chi connectivity index (χ1n) is 23.2. The van der Waals surface area contributed by atoms with Crippen LogP contribution in [0.25, 0.3) is 55.0 Å². The number of aryl methyl sites for hydroxylation is 2. The highest BCUT2D eigenvalue weighted by molar-refractivity contribution is 9.10. The maximum Gasteiger partial charge on any atom is 0.495 e. The highest BCUT2D eigenvalue weighted by Gasteiger charge is 2.63. The Bertz CT molecular complexity index is 3020. The first-order chi connectivity index (χ1) is 31.9. The van der Waals surface area contributed by atoms with Gasteiger partial charge < -0.3 is 37.1 Å². The van der Waals surface area contributed by atoms with Crippen LogP contribution in [0.5, 0.6) is 0 Å². The molecule has 12 nitrogen and oxygen atoms in total. The topological polar surface area (TPSA) is 117 Å². The highest BCUT2D eigenvalue weighted by atomic mass is 79.9. The second-order valence-electron chi connectivity index (χ2n) is 21.1. The van der Waals surface area contributed by atoms with Crippen molar-refractivity contribution in [1.82, 2.24) is 29.1 Å². The van der Waals surface area contributed by atoms with Gasteiger partial charge in [-0.05, 0) is 168 Å². The van der Waals surface area contributed by atoms with Gasteiger partial charge in [-0.2, -0.15) is 0 Å². The summed E-state index contributed by atoms with van der Waals surface area (Å²) in [7, 11) is -1.31. The summed E-state index contributed by atoms with van der Waals surface area (Å²) < 4.78 is 42.0. The summed E-state index contributed by atoms with van der Waals surface area (Å²) in [4.78, 5) is 17.1. The Kier molecular flexibility index (Phi) is 12.2. The fourth-order valence-corrected chi connectivity index (χ4v) is 9.02. The van der Waals surface area contributed by atoms with Gasteiger partial charge in [-0.1, -0.05) is 22.0 Å². The molecular formula is C52H60B3BrN6O6. The standard InChI is InChI=1S/C23H24BN3O2.C17H12BrN3.C12H24B2O4/c1-15-12-16(6-7-19(15)24-28-22(2,3)23(4,5)29-24)27-20-8-10-25-13-17(20)18-14-26-11-9-21(18)27;1-11-8-12(2-3-15(11)18)21-16-4-6-19-9-13(16)14-10-20-7-5-17(14)21;1-9(2)10(3,4)16-13(15-9)14-17-11(5,6)12(7,8)18-14/h6-14H,1-5H3;2-10H,1H3;1-8H3. The molecule has 3 fully saturated rings. The fraction of sp³-hybridized carbons (Fsp3) is 0.385. The average molecular weight is 977 g/mol. The van der Waals surface area contributed by atoms with Crippen molar-refractivity contribution >= 4 is 86.1 Å². The van der Waals surface area contributed by atoms with E-state index in [1.807, 2.05) is 129 Å². The van der Waals surface area contributed by atoms with E-state index in [4.69, 9.17) is 27.9 Å². The summed E-state index contributed by atoms with van der Waals surface area (Å²) in [6, 6.07) is 21.0. The van der Waals surface area contributed by atoms with Crippen LogP contribution in [-0.4, -0.2) is 83.8 Å². The average Bonchev–Trinajstić information content (AvgIpc) is 3.99. The Labute approximate surface area is 409 Å². The minimum Gasteiger partial charge on any atom is -0.405 e. The summed E-state index contributed by atoms with van der Waals surface area (Å²) in [5.41, 5.74) is 8.05. The Balaban J connectivity index is 0.000000132. The lowest BCUT2D eigenvalue weighted by Gasteiger charge is -2.32. The van der Waals surface area contributed by atoms with Crippen LogP contribution in [0.3, 0.4) is 0 Å². The highest BCUT2D eigenvalue weighted by Crippen LogP contribution is 2.43. The molecule has 0 radical (unpaired) electrons. The molecule has 0 spiro atoms. The van der Waals surface area contributed by atoms with Crippen LogP contribution >= 0.6 is 15.9 Å². The van der Waals surface area contributed by atoms with Crippen LogP contribution in [0.1, 0.15) is 94.2 Å². The van der Waals surface area contributed by atoms with Crippen LogP contribution in [-0.2, 0) is 27.9 Å². The molecule has 0 aliphatic carbocycles. The molecule has 0 amide bonds. The number of aromatic nitrogens is 6. The zero-order valence-corrected chi connectivity index (χ0v) is 43.2. The normalized spacial score (nSPS) is 19.7. The summed E-state index contributed by atoms with van der Waals surface area (Å²) in [6.45, 7) is 28.7. The number of halogens is 1. The van der Waals surface area contributed by atoms with Crippen molar-refractivity contribution in [2.45, 2.75) is 131 Å². The van der Waals surface area contributed by atoms with E-state index in [0.717, 1.165) is 70.5 Å². The van der Waals surface area contributed by atoms with Crippen LogP contribution in [0.4, 0.5) is 0 Å². The van der Waals surface area contributed by atoms with Crippen LogP contribution in [0, 0.1) is 13.8 Å². The van der Waals surface area contributed by atoms with E-state index in [0.29, 0.717) is 0 Å². The molecule has 11 rings (SSSR count). The lowest BCUT2D eigenvalue weighted by Crippen LogP contribution is -2.41. The smallest absolute Gasteiger partial charge is 0.405 e. The van der Waals surface area contributed by atoms with Crippen molar-refractivity contribution in [2.75, 3.05) is 0 Å². The molecule has 3 aliphatic heterocycles. The second-order valence-corrected chi connectivity index (χ2v) is 21.9. The lowest BCUT2D eigenvalue weighted by molar-refractivity contribution is 0.00578. The molecule has 350 valence electrons. The Morgan fingerprint density at radius 1 is 0.412 bits per heavy atom. The summed E-state index contributed by atoms with van der Waals surface area (Å²) >= 11 is 3.56. The maximum atomic E-state index is 6.26. The number of fused-ring (bicyclic) bond motifs is 6. The third-order valence-corrected chi connectivity index (χ3v) is 15.8. The largest absolute Gasteiger partial charge is 0.495 e. The van der Waals surface area contributed by atoms with E-state index >= 15 is 0 Å². The van der Waals surface area contributed by atoms with Crippen LogP contribution in [0.15, 0.2) is 115 Å². The SMILES string of the molecule is CC1(C)OB(B2OC(C)(C)C(C)(C)O2)OC1(C)C.Cc1cc(-n2c3ccncc3c3cnccc32)ccc1B1OC(C)(C)C(C)(C)O1.Cc1cc(-n2c3ccncc3c3cnccc32)ccc1Br. The number of pyridine rings is 4. The molecular weight excluding hydrogens is 917 g/mol. The molecule has 0 bridgehead atoms. The molecule has 3 saturated heterocycles. The van der Waals surface area contributed by atoms with E-state index in [-0.39, 0.29) is 40.7 Å². The quantitative estimate of drug-likeness (QED) is 0.158. The molecule has 2 aromatic carbocycles. The van der Waals surface area contributed by atoms with Gasteiger partial charge in [0.15, 0.2) is 0 Å². The first kappa shape index (κ1) is 48.1. The maximum absolute atomic E-state index is 6.26. The van der Waals surface area contributed by atoms with Gasteiger partial charge in [0.05, 0.1) is 55.7 Å². The van der Waals surface area contributed by atoms with E-state index in [1.165, 1.54) is 5.56 Å². The predicted molar refractivity (Wildman–Crippen MR) is 278 cm³/mol. The molecule has 0 saturated carbocycles. The van der Waals surface area contributed by atoms with E-state index in [2.05, 4.69) is 123 Å². The second kappa shape index (κ2) is 17.2. The first-order valence-corrected chi connectivity index (χ1v) is 24.0. The number of nitrogens with zero attached hydrogens (tertiary/aromatic N) is 6. The molecule has 0 N–H and O–H groups in total. The molecule has 6 aromatic heterocycles. The number of benzene rings is 2. The van der Waals surface area contributed by atoms with E-state index in [9.17, 15) is 0 Å². The van der Waals surface area contributed by atoms with Gasteiger partial charge in [-0.15, -0.1) is 0 Å². The number of rotatable bonds is 4. The third kappa shape index (κ3) is 8.39. The lowest BCUT2D eigenvalue weighted by atomic mass is 9.49. The van der Waals surface area contributed by atoms with Crippen molar-refractivity contribution in [2.24, 2.45) is 0 Å². The van der Waals surface area contributed by atoms with Gasteiger partial charge in [0.2, 0.25) is 0 Å². The molecule has 8 aromatic rings. The van der Waals surface area contributed by atoms with Gasteiger partial charge in [-0.3, -0.25) is 19.9 Å². The zero-order chi connectivity index (χ0) is 48.8. The van der Waals surface area contributed by atoms with Crippen molar-refractivity contribution < 1.29 is 27.9 Å². The van der Waals surface area contributed by atoms with E-state index in [1.54, 1.807) is 0 Å². The Morgan fingerprint density at radius 3 is 1.04 bits per heavy atom. The predicted octanol–water partition coefficient (Wildman–Crippen LogP) is 11.1. The van der Waals surface area contributed by atoms with Crippen molar-refractivity contribution in [3.05, 3.63) is 126 Å². The van der Waals surface area contributed by atoms with E-state index < -0.39 is 14.0 Å². The van der Waals surface area contributed by atoms with Crippen molar-refractivity contribution in [1.29, 1.82) is 0 Å². The fourth-order valence-electron chi connectivity index (χ4n) is 8.78. The minimum absolute atomic E-state index is 0.352. The van der Waals surface area contributed by atoms with Gasteiger partial charge in [0.1, 0.15) is 0 Å². The Morgan fingerprint density at radius 2 is 0.721 bits per heavy atom. The van der Waals surface area contributed by atoms with Gasteiger partial charge in [0.25, 0.3) is 0 Å². The number of hydrogen-bond donors (Lipinski definition) is 0. The summed E-state index contributed by atoms with van der Waals surface area (Å²) in [5.74, 6) is 0. The molecule has 0 unspecified atom stereocenters. The molecule has 9 heterocycles. The summed E-state index contributed by atoms with van der Waals surface area (Å²) in [5, 5.41) is 4.45. The van der Waals surface area contributed by atoms with Crippen LogP contribution in [0.2, 0.25) is 0 Å². The number of hydrogen-bond acceptors (Lipinski definition) is 10. The minimum atomic E-state index is -0.476. The zero-order valence-electron chi connectivity index (χ0n) is 41.6. The van der Waals surface area contributed by atoms with Gasteiger partial charge in [0, 0.05) is 87.0 Å². The van der Waals surface area contributed by atoms with Gasteiger partial charge in [-0.25, -0.2) is 0 Å². The van der Waals surface area contributed by atoms with Gasteiger partial charge >= 0.3 is 21.1 Å². The Hall–Kier alpha value is -4.93. The monoisotopic (exact) mass is 976 g/mol. The third-order valence-electron chi connectivity index (χ3n) is 14.9. The molecule has 16 heteroatoms. The summed E-state index contributed by atoms with van der Waals surface area (Å²) in [6.07, 6.45) is 14.9. The van der Waals surface area contributed by atoms with Crippen molar-refractivity contribution in [3.63, 3.8) is 0 Å². The molecule has 68 heavy (non-hydrogen) atoms. The molecule has 0 atom stereocenters. The van der Waals surface area contributed by atoms with Crippen LogP contribution < -0.4 is 5.46 Å². The van der Waals surface area contributed by atoms with Crippen molar-refractivity contribution in [3.8, 4) is 11.4 Å². The molecule has 3 aliphatic rings.